The second-order valence-electron chi connectivity index (χ2n) is 8.80. The summed E-state index contributed by atoms with van der Waals surface area (Å²) < 4.78 is 17.1. The van der Waals surface area contributed by atoms with Gasteiger partial charge in [-0.1, -0.05) is 13.0 Å². The van der Waals surface area contributed by atoms with Gasteiger partial charge < -0.3 is 14.8 Å². The number of rotatable bonds is 6. The van der Waals surface area contributed by atoms with Gasteiger partial charge in [-0.2, -0.15) is 0 Å². The van der Waals surface area contributed by atoms with Crippen LogP contribution in [0, 0.1) is 12.7 Å². The predicted molar refractivity (Wildman–Crippen MR) is 138 cm³/mol. The second kappa shape index (κ2) is 9.80. The molecule has 5 rings (SSSR count). The van der Waals surface area contributed by atoms with E-state index in [1.54, 1.807) is 13.2 Å². The van der Waals surface area contributed by atoms with Gasteiger partial charge in [0.15, 0.2) is 5.82 Å². The van der Waals surface area contributed by atoms with Gasteiger partial charge in [-0.3, -0.25) is 9.69 Å². The molecule has 5 heterocycles. The maximum Gasteiger partial charge on any atom is 0.259 e. The Morgan fingerprint density at radius 2 is 1.86 bits per heavy atom. The van der Waals surface area contributed by atoms with E-state index in [1.165, 1.54) is 15.9 Å². The van der Waals surface area contributed by atoms with Crippen LogP contribution < -0.4 is 10.9 Å². The minimum Gasteiger partial charge on any atom is -0.318 e. The van der Waals surface area contributed by atoms with E-state index >= 15 is 0 Å². The Labute approximate surface area is 207 Å². The van der Waals surface area contributed by atoms with Gasteiger partial charge in [0.05, 0.1) is 16.5 Å². The van der Waals surface area contributed by atoms with Crippen LogP contribution in [-0.4, -0.2) is 62.0 Å². The lowest BCUT2D eigenvalue weighted by Crippen LogP contribution is -2.45. The largest absolute Gasteiger partial charge is 0.318 e. The van der Waals surface area contributed by atoms with Crippen molar-refractivity contribution in [3.8, 4) is 10.6 Å². The van der Waals surface area contributed by atoms with Crippen LogP contribution in [0.15, 0.2) is 41.6 Å². The number of thiophene rings is 1. The number of likely N-dealkylation sites (N-methyl/N-ethyl adjacent to an activating group) is 1. The van der Waals surface area contributed by atoms with E-state index in [9.17, 15) is 9.18 Å². The lowest BCUT2D eigenvalue weighted by molar-refractivity contribution is 0.132. The number of hydrogen-bond donors (Lipinski definition) is 1. The molecule has 1 saturated heterocycles. The third-order valence-corrected chi connectivity index (χ3v) is 7.76. The van der Waals surface area contributed by atoms with Gasteiger partial charge in [0.2, 0.25) is 5.95 Å². The van der Waals surface area contributed by atoms with Crippen molar-refractivity contribution in [1.82, 2.24) is 29.3 Å². The molecule has 35 heavy (non-hydrogen) atoms. The number of nitrogens with one attached hydrogen (secondary N) is 1. The summed E-state index contributed by atoms with van der Waals surface area (Å²) in [6, 6.07) is 5.79. The average Bonchev–Trinajstić information content (AvgIpc) is 3.21. The zero-order chi connectivity index (χ0) is 24.5. The smallest absolute Gasteiger partial charge is 0.259 e. The van der Waals surface area contributed by atoms with Gasteiger partial charge in [0.1, 0.15) is 11.5 Å². The Bertz CT molecular complexity index is 1410. The molecular formula is C25H28FN7OS. The van der Waals surface area contributed by atoms with E-state index in [-0.39, 0.29) is 17.2 Å². The van der Waals surface area contributed by atoms with Crippen LogP contribution in [0.25, 0.3) is 20.7 Å². The Morgan fingerprint density at radius 1 is 1.09 bits per heavy atom. The lowest BCUT2D eigenvalue weighted by Gasteiger charge is -2.33. The highest BCUT2D eigenvalue weighted by atomic mass is 32.1. The molecule has 0 amide bonds. The zero-order valence-electron chi connectivity index (χ0n) is 20.1. The summed E-state index contributed by atoms with van der Waals surface area (Å²) in [5.74, 6) is 0.305. The molecule has 0 atom stereocenters. The summed E-state index contributed by atoms with van der Waals surface area (Å²) in [4.78, 5) is 31.1. The maximum atomic E-state index is 14.8. The van der Waals surface area contributed by atoms with Crippen molar-refractivity contribution in [2.45, 2.75) is 20.4 Å². The normalized spacial score (nSPS) is 15.1. The summed E-state index contributed by atoms with van der Waals surface area (Å²) in [7, 11) is 1.70. The fourth-order valence-corrected chi connectivity index (χ4v) is 5.57. The number of aryl methyl sites for hydroxylation is 2. The first-order valence-corrected chi connectivity index (χ1v) is 12.5. The Kier molecular flexibility index (Phi) is 6.59. The van der Waals surface area contributed by atoms with Crippen molar-refractivity contribution in [2.75, 3.05) is 38.0 Å². The van der Waals surface area contributed by atoms with Gasteiger partial charge in [-0.15, -0.1) is 11.3 Å². The van der Waals surface area contributed by atoms with Crippen molar-refractivity contribution in [3.63, 3.8) is 0 Å². The SMILES string of the molecule is CCN1CCN(Cc2ccc(Nc3ncc(F)c(-c4sc5ccn(C)c(=O)c5c4C)n3)nc2)CC1. The van der Waals surface area contributed by atoms with Crippen LogP contribution in [0.1, 0.15) is 18.1 Å². The molecule has 0 aliphatic carbocycles. The minimum absolute atomic E-state index is 0.105. The van der Waals surface area contributed by atoms with Crippen LogP contribution in [0.2, 0.25) is 0 Å². The van der Waals surface area contributed by atoms with Gasteiger partial charge >= 0.3 is 0 Å². The summed E-state index contributed by atoms with van der Waals surface area (Å²) in [6.07, 6.45) is 4.72. The quantitative estimate of drug-likeness (QED) is 0.438. The second-order valence-corrected chi connectivity index (χ2v) is 9.86. The highest BCUT2D eigenvalue weighted by molar-refractivity contribution is 7.22. The fraction of sp³-hybridized carbons (Fsp3) is 0.360. The number of piperazine rings is 1. The fourth-order valence-electron chi connectivity index (χ4n) is 4.38. The van der Waals surface area contributed by atoms with Crippen LogP contribution in [0.4, 0.5) is 16.2 Å². The first-order valence-electron chi connectivity index (χ1n) is 11.7. The number of halogens is 1. The van der Waals surface area contributed by atoms with Crippen LogP contribution in [0.5, 0.6) is 0 Å². The van der Waals surface area contributed by atoms with E-state index in [1.807, 2.05) is 31.3 Å². The molecule has 4 aromatic rings. The van der Waals surface area contributed by atoms with E-state index in [0.717, 1.165) is 61.3 Å². The molecule has 1 aliphatic rings. The zero-order valence-corrected chi connectivity index (χ0v) is 20.9. The average molecular weight is 494 g/mol. The molecule has 10 heteroatoms. The molecule has 0 aromatic carbocycles. The third kappa shape index (κ3) is 4.82. The number of hydrogen-bond acceptors (Lipinski definition) is 8. The molecule has 0 bridgehead atoms. The molecule has 0 radical (unpaired) electrons. The summed E-state index contributed by atoms with van der Waals surface area (Å²) in [5, 5.41) is 3.67. The van der Waals surface area contributed by atoms with Crippen molar-refractivity contribution >= 4 is 33.2 Å². The number of anilines is 2. The van der Waals surface area contributed by atoms with Gasteiger partial charge in [0.25, 0.3) is 5.56 Å². The number of aromatic nitrogens is 4. The van der Waals surface area contributed by atoms with Crippen molar-refractivity contribution < 1.29 is 4.39 Å². The molecule has 1 aliphatic heterocycles. The first-order chi connectivity index (χ1) is 16.9. The molecule has 1 N–H and O–H groups in total. The van der Waals surface area contributed by atoms with Crippen LogP contribution >= 0.6 is 11.3 Å². The monoisotopic (exact) mass is 493 g/mol. The van der Waals surface area contributed by atoms with E-state index in [2.05, 4.69) is 37.0 Å². The highest BCUT2D eigenvalue weighted by Crippen LogP contribution is 2.37. The number of fused-ring (bicyclic) bond motifs is 1. The van der Waals surface area contributed by atoms with E-state index < -0.39 is 5.82 Å². The minimum atomic E-state index is -0.534. The Balaban J connectivity index is 1.34. The van der Waals surface area contributed by atoms with Crippen molar-refractivity contribution in [2.24, 2.45) is 7.05 Å². The number of pyridine rings is 2. The standard InChI is InChI=1S/C25H28FN7OS/c1-4-32-9-11-33(12-10-32)15-17-5-6-20(27-13-17)29-25-28-14-18(26)22(30-25)23-16(2)21-19(35-23)7-8-31(3)24(21)34/h5-8,13-14H,4,9-12,15H2,1-3H3,(H,27,28,29,30). The summed E-state index contributed by atoms with van der Waals surface area (Å²) in [6.45, 7) is 10.3. The molecule has 0 unspecified atom stereocenters. The Morgan fingerprint density at radius 3 is 2.57 bits per heavy atom. The lowest BCUT2D eigenvalue weighted by atomic mass is 10.1. The highest BCUT2D eigenvalue weighted by Gasteiger charge is 2.19. The molecule has 1 fully saturated rings. The number of nitrogens with zero attached hydrogens (tertiary/aromatic N) is 6. The Hall–Kier alpha value is -3.21. The molecular weight excluding hydrogens is 465 g/mol. The van der Waals surface area contributed by atoms with Crippen molar-refractivity contribution in [3.05, 3.63) is 64.1 Å². The van der Waals surface area contributed by atoms with Gasteiger partial charge in [0, 0.05) is 56.9 Å². The molecule has 8 nitrogen and oxygen atoms in total. The summed E-state index contributed by atoms with van der Waals surface area (Å²) >= 11 is 1.35. The van der Waals surface area contributed by atoms with Crippen molar-refractivity contribution in [1.29, 1.82) is 0 Å². The topological polar surface area (TPSA) is 79.2 Å². The van der Waals surface area contributed by atoms with Crippen LogP contribution in [0.3, 0.4) is 0 Å². The van der Waals surface area contributed by atoms with E-state index in [4.69, 9.17) is 0 Å². The van der Waals surface area contributed by atoms with E-state index in [0.29, 0.717) is 16.1 Å². The van der Waals surface area contributed by atoms with Crippen LogP contribution in [-0.2, 0) is 13.6 Å². The first kappa shape index (κ1) is 23.5. The predicted octanol–water partition coefficient (Wildman–Crippen LogP) is 3.78. The third-order valence-electron chi connectivity index (χ3n) is 6.50. The summed E-state index contributed by atoms with van der Waals surface area (Å²) in [5.41, 5.74) is 1.93. The molecule has 0 spiro atoms. The van der Waals surface area contributed by atoms with Gasteiger partial charge in [-0.25, -0.2) is 19.3 Å². The van der Waals surface area contributed by atoms with Gasteiger partial charge in [-0.05, 0) is 36.7 Å². The molecule has 4 aromatic heterocycles. The molecule has 0 saturated carbocycles. The maximum absolute atomic E-state index is 14.8. The molecule has 182 valence electrons.